The van der Waals surface area contributed by atoms with Gasteiger partial charge >= 0.3 is 0 Å². The molecule has 0 N–H and O–H groups in total. The summed E-state index contributed by atoms with van der Waals surface area (Å²) in [7, 11) is 0. The Morgan fingerprint density at radius 1 is 1.20 bits per heavy atom. The summed E-state index contributed by atoms with van der Waals surface area (Å²) in [6.07, 6.45) is 2.95. The maximum Gasteiger partial charge on any atom is 0.199 e. The first-order valence-corrected chi connectivity index (χ1v) is 9.65. The Balaban J connectivity index is 1.63. The van der Waals surface area contributed by atoms with Crippen LogP contribution in [0.15, 0.2) is 22.8 Å². The second kappa shape index (κ2) is 8.29. The summed E-state index contributed by atoms with van der Waals surface area (Å²) in [5, 5.41) is 4.72. The monoisotopic (exact) mass is 363 g/mol. The first-order valence-electron chi connectivity index (χ1n) is 9.24. The van der Waals surface area contributed by atoms with Crippen LogP contribution in [0.3, 0.4) is 0 Å². The van der Waals surface area contributed by atoms with Crippen molar-refractivity contribution in [1.29, 1.82) is 0 Å². The summed E-state index contributed by atoms with van der Waals surface area (Å²) >= 11 is 5.63. The molecule has 3 rings (SSSR count). The maximum absolute atomic E-state index is 5.63. The van der Waals surface area contributed by atoms with Gasteiger partial charge in [0.2, 0.25) is 0 Å². The molecule has 0 spiro atoms. The molecule has 7 heteroatoms. The Kier molecular flexibility index (Phi) is 6.09. The fourth-order valence-electron chi connectivity index (χ4n) is 3.19. The molecule has 2 aromatic rings. The summed E-state index contributed by atoms with van der Waals surface area (Å²) in [6, 6.07) is 3.81. The Morgan fingerprint density at radius 2 is 1.92 bits per heavy atom. The Labute approximate surface area is 155 Å². The SMILES string of the molecule is CCn1c(-c2ccco2)nn(CN2CCN(CCC(C)C)CC2)c1=S. The lowest BCUT2D eigenvalue weighted by Crippen LogP contribution is -2.47. The van der Waals surface area contributed by atoms with Crippen molar-refractivity contribution in [2.24, 2.45) is 5.92 Å². The van der Waals surface area contributed by atoms with Gasteiger partial charge in [0.25, 0.3) is 0 Å². The highest BCUT2D eigenvalue weighted by Gasteiger charge is 2.19. The van der Waals surface area contributed by atoms with E-state index in [1.807, 2.05) is 21.4 Å². The first kappa shape index (κ1) is 18.4. The van der Waals surface area contributed by atoms with Crippen molar-refractivity contribution in [1.82, 2.24) is 24.1 Å². The molecule has 0 atom stereocenters. The van der Waals surface area contributed by atoms with Gasteiger partial charge in [0.1, 0.15) is 0 Å². The largest absolute Gasteiger partial charge is 0.461 e. The molecule has 0 radical (unpaired) electrons. The molecule has 0 bridgehead atoms. The van der Waals surface area contributed by atoms with E-state index in [2.05, 4.69) is 30.6 Å². The third kappa shape index (κ3) is 4.40. The molecular weight excluding hydrogens is 334 g/mol. The van der Waals surface area contributed by atoms with E-state index in [4.69, 9.17) is 21.7 Å². The molecule has 1 aliphatic heterocycles. The Morgan fingerprint density at radius 3 is 2.52 bits per heavy atom. The average molecular weight is 364 g/mol. The summed E-state index contributed by atoms with van der Waals surface area (Å²) in [4.78, 5) is 5.00. The molecule has 0 saturated carbocycles. The van der Waals surface area contributed by atoms with Gasteiger partial charge in [-0.1, -0.05) is 13.8 Å². The van der Waals surface area contributed by atoms with Crippen LogP contribution in [0.25, 0.3) is 11.6 Å². The highest BCUT2D eigenvalue weighted by molar-refractivity contribution is 7.71. The molecule has 2 aromatic heterocycles. The first-order chi connectivity index (χ1) is 12.1. The van der Waals surface area contributed by atoms with E-state index >= 15 is 0 Å². The molecule has 25 heavy (non-hydrogen) atoms. The maximum atomic E-state index is 5.63. The van der Waals surface area contributed by atoms with Crippen molar-refractivity contribution in [3.8, 4) is 11.6 Å². The summed E-state index contributed by atoms with van der Waals surface area (Å²) in [5.74, 6) is 2.35. The van der Waals surface area contributed by atoms with Crippen LogP contribution in [0, 0.1) is 10.7 Å². The fraction of sp³-hybridized carbons (Fsp3) is 0.667. The van der Waals surface area contributed by atoms with Gasteiger partial charge in [-0.2, -0.15) is 0 Å². The Hall–Kier alpha value is -1.44. The topological polar surface area (TPSA) is 42.4 Å². The number of rotatable bonds is 7. The van der Waals surface area contributed by atoms with Crippen LogP contribution in [-0.4, -0.2) is 56.9 Å². The lowest BCUT2D eigenvalue weighted by Gasteiger charge is -2.34. The third-order valence-corrected chi connectivity index (χ3v) is 5.23. The van der Waals surface area contributed by atoms with Gasteiger partial charge < -0.3 is 9.32 Å². The summed E-state index contributed by atoms with van der Waals surface area (Å²) in [5.41, 5.74) is 0. The predicted molar refractivity (Wildman–Crippen MR) is 102 cm³/mol. The fourth-order valence-corrected chi connectivity index (χ4v) is 3.50. The van der Waals surface area contributed by atoms with Crippen molar-refractivity contribution >= 4 is 12.2 Å². The van der Waals surface area contributed by atoms with E-state index in [0.29, 0.717) is 0 Å². The van der Waals surface area contributed by atoms with Gasteiger partial charge in [-0.05, 0) is 50.2 Å². The molecule has 3 heterocycles. The number of hydrogen-bond donors (Lipinski definition) is 0. The van der Waals surface area contributed by atoms with Crippen molar-refractivity contribution in [3.05, 3.63) is 23.2 Å². The van der Waals surface area contributed by atoms with Crippen molar-refractivity contribution in [2.45, 2.75) is 40.4 Å². The third-order valence-electron chi connectivity index (χ3n) is 4.80. The lowest BCUT2D eigenvalue weighted by molar-refractivity contribution is 0.0993. The van der Waals surface area contributed by atoms with E-state index < -0.39 is 0 Å². The number of nitrogens with zero attached hydrogens (tertiary/aromatic N) is 5. The van der Waals surface area contributed by atoms with Crippen molar-refractivity contribution in [3.63, 3.8) is 0 Å². The van der Waals surface area contributed by atoms with Crippen LogP contribution in [0.2, 0.25) is 0 Å². The second-order valence-corrected chi connectivity index (χ2v) is 7.48. The summed E-state index contributed by atoms with van der Waals surface area (Å²) < 4.78 is 10.2. The summed E-state index contributed by atoms with van der Waals surface area (Å²) in [6.45, 7) is 13.8. The smallest absolute Gasteiger partial charge is 0.199 e. The molecule has 1 fully saturated rings. The highest BCUT2D eigenvalue weighted by atomic mass is 32.1. The lowest BCUT2D eigenvalue weighted by atomic mass is 10.1. The molecule has 6 nitrogen and oxygen atoms in total. The molecule has 0 amide bonds. The van der Waals surface area contributed by atoms with Gasteiger partial charge in [0, 0.05) is 32.7 Å². The zero-order chi connectivity index (χ0) is 17.8. The molecule has 1 saturated heterocycles. The zero-order valence-electron chi connectivity index (χ0n) is 15.5. The van der Waals surface area contributed by atoms with Crippen LogP contribution in [-0.2, 0) is 13.2 Å². The number of furan rings is 1. The van der Waals surface area contributed by atoms with Crippen molar-refractivity contribution < 1.29 is 4.42 Å². The number of hydrogen-bond acceptors (Lipinski definition) is 5. The molecular formula is C18H29N5OS. The minimum Gasteiger partial charge on any atom is -0.461 e. The normalized spacial score (nSPS) is 16.8. The van der Waals surface area contributed by atoms with Gasteiger partial charge in [0.05, 0.1) is 12.9 Å². The quantitative estimate of drug-likeness (QED) is 0.706. The van der Waals surface area contributed by atoms with Crippen LogP contribution in [0.1, 0.15) is 27.2 Å². The molecule has 0 unspecified atom stereocenters. The minimum absolute atomic E-state index is 0.748. The van der Waals surface area contributed by atoms with Crippen LogP contribution in [0.5, 0.6) is 0 Å². The van der Waals surface area contributed by atoms with Gasteiger partial charge in [-0.15, -0.1) is 5.10 Å². The van der Waals surface area contributed by atoms with Gasteiger partial charge in [-0.25, -0.2) is 4.68 Å². The number of aromatic nitrogens is 3. The zero-order valence-corrected chi connectivity index (χ0v) is 16.3. The minimum atomic E-state index is 0.748. The molecule has 1 aliphatic rings. The van der Waals surface area contributed by atoms with E-state index in [1.54, 1.807) is 6.26 Å². The molecule has 0 aliphatic carbocycles. The second-order valence-electron chi connectivity index (χ2n) is 7.11. The van der Waals surface area contributed by atoms with Gasteiger partial charge in [-0.3, -0.25) is 9.47 Å². The standard InChI is InChI=1S/C18H29N5OS/c1-4-22-17(16-6-5-13-24-16)19-23(18(22)25)14-21-11-9-20(10-12-21)8-7-15(2)3/h5-6,13,15H,4,7-12,14H2,1-3H3. The highest BCUT2D eigenvalue weighted by Crippen LogP contribution is 2.19. The molecule has 0 aromatic carbocycles. The Bertz CT molecular complexity index is 710. The van der Waals surface area contributed by atoms with Crippen LogP contribution < -0.4 is 0 Å². The van der Waals surface area contributed by atoms with Crippen LogP contribution in [0.4, 0.5) is 0 Å². The molecule has 138 valence electrons. The predicted octanol–water partition coefficient (Wildman–Crippen LogP) is 3.32. The van der Waals surface area contributed by atoms with E-state index in [1.165, 1.54) is 13.0 Å². The van der Waals surface area contributed by atoms with Crippen molar-refractivity contribution in [2.75, 3.05) is 32.7 Å². The van der Waals surface area contributed by atoms with Crippen LogP contribution >= 0.6 is 12.2 Å². The van der Waals surface area contributed by atoms with Gasteiger partial charge in [0.15, 0.2) is 16.4 Å². The van der Waals surface area contributed by atoms with E-state index in [0.717, 1.165) is 61.7 Å². The van der Waals surface area contributed by atoms with E-state index in [9.17, 15) is 0 Å². The van der Waals surface area contributed by atoms with E-state index in [-0.39, 0.29) is 0 Å². The average Bonchev–Trinajstić information content (AvgIpc) is 3.23. The number of piperazine rings is 1.